The van der Waals surface area contributed by atoms with Gasteiger partial charge in [-0.1, -0.05) is 40.2 Å². The molecule has 20 heavy (non-hydrogen) atoms. The summed E-state index contributed by atoms with van der Waals surface area (Å²) in [7, 11) is 0. The van der Waals surface area contributed by atoms with Crippen LogP contribution >= 0.6 is 15.9 Å². The van der Waals surface area contributed by atoms with Crippen molar-refractivity contribution in [3.63, 3.8) is 0 Å². The van der Waals surface area contributed by atoms with Gasteiger partial charge < -0.3 is 10.6 Å². The maximum Gasteiger partial charge on any atom is 0.0470 e. The predicted molar refractivity (Wildman–Crippen MR) is 88.4 cm³/mol. The van der Waals surface area contributed by atoms with Crippen LogP contribution in [0.1, 0.15) is 24.5 Å². The molecule has 104 valence electrons. The highest BCUT2D eigenvalue weighted by Crippen LogP contribution is 2.39. The molecule has 0 radical (unpaired) electrons. The monoisotopic (exact) mass is 330 g/mol. The Morgan fingerprint density at radius 1 is 1.20 bits per heavy atom. The topological polar surface area (TPSA) is 29.3 Å². The van der Waals surface area contributed by atoms with E-state index < -0.39 is 0 Å². The molecule has 3 rings (SSSR count). The van der Waals surface area contributed by atoms with Crippen molar-refractivity contribution in [3.8, 4) is 0 Å². The third kappa shape index (κ3) is 2.36. The first kappa shape index (κ1) is 13.7. The Hall–Kier alpha value is -1.32. The van der Waals surface area contributed by atoms with Gasteiger partial charge in [0.15, 0.2) is 0 Å². The second-order valence-corrected chi connectivity index (χ2v) is 6.28. The van der Waals surface area contributed by atoms with Crippen LogP contribution in [0, 0.1) is 0 Å². The Kier molecular flexibility index (Phi) is 3.81. The van der Waals surface area contributed by atoms with Crippen LogP contribution in [0.25, 0.3) is 0 Å². The molecular formula is C17H19BrN2. The molecule has 1 heterocycles. The summed E-state index contributed by atoms with van der Waals surface area (Å²) in [5.74, 6) is 0. The number of nitrogens with zero attached hydrogens (tertiary/aromatic N) is 1. The summed E-state index contributed by atoms with van der Waals surface area (Å²) in [5, 5.41) is 0. The second-order valence-electron chi connectivity index (χ2n) is 5.36. The molecule has 0 spiro atoms. The van der Waals surface area contributed by atoms with Crippen molar-refractivity contribution >= 4 is 27.3 Å². The largest absolute Gasteiger partial charge is 0.338 e. The van der Waals surface area contributed by atoms with Crippen LogP contribution in [-0.4, -0.2) is 6.04 Å². The van der Waals surface area contributed by atoms with Gasteiger partial charge in [-0.25, -0.2) is 0 Å². The molecule has 1 unspecified atom stereocenters. The minimum absolute atomic E-state index is 0.490. The summed E-state index contributed by atoms with van der Waals surface area (Å²) in [6, 6.07) is 15.5. The summed E-state index contributed by atoms with van der Waals surface area (Å²) < 4.78 is 1.10. The van der Waals surface area contributed by atoms with Crippen LogP contribution in [0.5, 0.6) is 0 Å². The maximum absolute atomic E-state index is 5.93. The molecule has 1 aliphatic heterocycles. The number of hydrogen-bond donors (Lipinski definition) is 1. The number of hydrogen-bond acceptors (Lipinski definition) is 2. The van der Waals surface area contributed by atoms with E-state index in [4.69, 9.17) is 5.73 Å². The summed E-state index contributed by atoms with van der Waals surface area (Å²) in [5.41, 5.74) is 11.1. The lowest BCUT2D eigenvalue weighted by Gasteiger charge is -2.38. The summed E-state index contributed by atoms with van der Waals surface area (Å²) >= 11 is 3.58. The van der Waals surface area contributed by atoms with Crippen LogP contribution in [0.4, 0.5) is 11.4 Å². The number of rotatable bonds is 2. The first-order valence-electron chi connectivity index (χ1n) is 7.06. The van der Waals surface area contributed by atoms with Gasteiger partial charge in [0.2, 0.25) is 0 Å². The van der Waals surface area contributed by atoms with Crippen molar-refractivity contribution < 1.29 is 0 Å². The normalized spacial score (nSPS) is 17.9. The lowest BCUT2D eigenvalue weighted by atomic mass is 9.95. The Morgan fingerprint density at radius 2 is 2.00 bits per heavy atom. The molecule has 0 bridgehead atoms. The molecule has 1 aliphatic rings. The molecule has 0 aliphatic carbocycles. The van der Waals surface area contributed by atoms with Gasteiger partial charge >= 0.3 is 0 Å². The minimum atomic E-state index is 0.490. The average molecular weight is 331 g/mol. The van der Waals surface area contributed by atoms with Gasteiger partial charge in [0.05, 0.1) is 0 Å². The number of halogens is 1. The Balaban J connectivity index is 2.16. The van der Waals surface area contributed by atoms with E-state index >= 15 is 0 Å². The van der Waals surface area contributed by atoms with Crippen molar-refractivity contribution in [3.05, 3.63) is 58.1 Å². The SMILES string of the molecule is CC1CCc2ccccc2N1c1cc(Br)ccc1CN. The zero-order chi connectivity index (χ0) is 14.1. The predicted octanol–water partition coefficient (Wildman–Crippen LogP) is 4.38. The molecule has 0 saturated carbocycles. The summed E-state index contributed by atoms with van der Waals surface area (Å²) in [6.45, 7) is 2.85. The van der Waals surface area contributed by atoms with Crippen LogP contribution in [0.2, 0.25) is 0 Å². The molecule has 2 nitrogen and oxygen atoms in total. The minimum Gasteiger partial charge on any atom is -0.338 e. The van der Waals surface area contributed by atoms with E-state index in [0.29, 0.717) is 12.6 Å². The third-order valence-electron chi connectivity index (χ3n) is 4.05. The molecule has 1 atom stereocenters. The quantitative estimate of drug-likeness (QED) is 0.885. The zero-order valence-electron chi connectivity index (χ0n) is 11.6. The molecule has 0 amide bonds. The van der Waals surface area contributed by atoms with E-state index in [1.165, 1.54) is 28.9 Å². The lowest BCUT2D eigenvalue weighted by Crippen LogP contribution is -2.34. The van der Waals surface area contributed by atoms with Crippen LogP contribution in [-0.2, 0) is 13.0 Å². The van der Waals surface area contributed by atoms with Gasteiger partial charge in [0.25, 0.3) is 0 Å². The molecule has 0 fully saturated rings. The van der Waals surface area contributed by atoms with Crippen molar-refractivity contribution in [2.45, 2.75) is 32.4 Å². The fraction of sp³-hybridized carbons (Fsp3) is 0.294. The standard InChI is InChI=1S/C17H19BrN2/c1-12-6-7-13-4-2-3-5-16(13)20(12)17-10-15(18)9-8-14(17)11-19/h2-5,8-10,12H,6-7,11,19H2,1H3. The molecule has 2 aromatic carbocycles. The highest BCUT2D eigenvalue weighted by Gasteiger charge is 2.25. The first-order valence-corrected chi connectivity index (χ1v) is 7.85. The number of para-hydroxylation sites is 1. The van der Waals surface area contributed by atoms with Crippen molar-refractivity contribution in [1.29, 1.82) is 0 Å². The highest BCUT2D eigenvalue weighted by molar-refractivity contribution is 9.10. The van der Waals surface area contributed by atoms with Crippen molar-refractivity contribution in [1.82, 2.24) is 0 Å². The molecule has 0 aromatic heterocycles. The van der Waals surface area contributed by atoms with E-state index in [0.717, 1.165) is 10.9 Å². The molecule has 3 heteroatoms. The Bertz CT molecular complexity index is 624. The Morgan fingerprint density at radius 3 is 2.80 bits per heavy atom. The van der Waals surface area contributed by atoms with E-state index in [1.54, 1.807) is 0 Å². The molecule has 2 aromatic rings. The van der Waals surface area contributed by atoms with E-state index in [9.17, 15) is 0 Å². The summed E-state index contributed by atoms with van der Waals surface area (Å²) in [4.78, 5) is 2.44. The fourth-order valence-electron chi connectivity index (χ4n) is 2.99. The number of aryl methyl sites for hydroxylation is 1. The summed E-state index contributed by atoms with van der Waals surface area (Å²) in [6.07, 6.45) is 2.33. The molecule has 2 N–H and O–H groups in total. The fourth-order valence-corrected chi connectivity index (χ4v) is 3.34. The van der Waals surface area contributed by atoms with E-state index in [1.807, 2.05) is 0 Å². The van der Waals surface area contributed by atoms with Gasteiger partial charge in [-0.05, 0) is 49.1 Å². The number of nitrogens with two attached hydrogens (primary N) is 1. The van der Waals surface area contributed by atoms with E-state index in [2.05, 4.69) is 70.2 Å². The van der Waals surface area contributed by atoms with Crippen LogP contribution in [0.3, 0.4) is 0 Å². The number of benzene rings is 2. The van der Waals surface area contributed by atoms with Crippen molar-refractivity contribution in [2.24, 2.45) is 5.73 Å². The van der Waals surface area contributed by atoms with Gasteiger partial charge in [0, 0.05) is 28.4 Å². The smallest absolute Gasteiger partial charge is 0.0470 e. The number of fused-ring (bicyclic) bond motifs is 1. The lowest BCUT2D eigenvalue weighted by molar-refractivity contribution is 0.616. The van der Waals surface area contributed by atoms with Gasteiger partial charge in [-0.15, -0.1) is 0 Å². The second kappa shape index (κ2) is 5.58. The van der Waals surface area contributed by atoms with E-state index in [-0.39, 0.29) is 0 Å². The van der Waals surface area contributed by atoms with Gasteiger partial charge in [0.1, 0.15) is 0 Å². The molecular weight excluding hydrogens is 312 g/mol. The zero-order valence-corrected chi connectivity index (χ0v) is 13.2. The van der Waals surface area contributed by atoms with Crippen molar-refractivity contribution in [2.75, 3.05) is 4.90 Å². The average Bonchev–Trinajstić information content (AvgIpc) is 2.47. The highest BCUT2D eigenvalue weighted by atomic mass is 79.9. The first-order chi connectivity index (χ1) is 9.70. The van der Waals surface area contributed by atoms with Crippen LogP contribution in [0.15, 0.2) is 46.9 Å². The Labute approximate surface area is 128 Å². The maximum atomic E-state index is 5.93. The van der Waals surface area contributed by atoms with Gasteiger partial charge in [-0.2, -0.15) is 0 Å². The number of anilines is 2. The van der Waals surface area contributed by atoms with Gasteiger partial charge in [-0.3, -0.25) is 0 Å². The molecule has 0 saturated heterocycles. The van der Waals surface area contributed by atoms with Crippen LogP contribution < -0.4 is 10.6 Å². The third-order valence-corrected chi connectivity index (χ3v) is 4.54.